The fraction of sp³-hybridized carbons (Fsp3) is 0.500. The number of methoxy groups -OCH3 is 1. The van der Waals surface area contributed by atoms with Gasteiger partial charge < -0.3 is 10.1 Å². The van der Waals surface area contributed by atoms with Gasteiger partial charge in [-0.05, 0) is 38.0 Å². The Balaban J connectivity index is 2.59. The van der Waals surface area contributed by atoms with E-state index in [0.717, 1.165) is 11.1 Å². The lowest BCUT2D eigenvalue weighted by Gasteiger charge is -2.21. The molecule has 0 bridgehead atoms. The van der Waals surface area contributed by atoms with Gasteiger partial charge in [0.2, 0.25) is 0 Å². The third-order valence-corrected chi connectivity index (χ3v) is 2.64. The molecule has 1 heterocycles. The lowest BCUT2D eigenvalue weighted by molar-refractivity contribution is -0.139. The van der Waals surface area contributed by atoms with E-state index in [2.05, 4.69) is 10.3 Å². The first-order valence-electron chi connectivity index (χ1n) is 5.20. The number of amides is 1. The Bertz CT molecular complexity index is 375. The van der Waals surface area contributed by atoms with E-state index in [1.165, 1.54) is 7.11 Å². The average Bonchev–Trinajstić information content (AvgIpc) is 2.27. The minimum Gasteiger partial charge on any atom is -0.369 e. The maximum absolute atomic E-state index is 11.7. The predicted molar refractivity (Wildman–Crippen MR) is 61.9 cm³/mol. The summed E-state index contributed by atoms with van der Waals surface area (Å²) in [6, 6.07) is 1.92. The molecule has 0 atom stereocenters. The minimum atomic E-state index is -0.796. The van der Waals surface area contributed by atoms with Crippen LogP contribution in [0.3, 0.4) is 0 Å². The highest BCUT2D eigenvalue weighted by Gasteiger charge is 2.26. The van der Waals surface area contributed by atoms with Crippen LogP contribution < -0.4 is 5.32 Å². The van der Waals surface area contributed by atoms with Gasteiger partial charge in [0.25, 0.3) is 5.91 Å². The lowest BCUT2D eigenvalue weighted by Crippen LogP contribution is -2.43. The normalized spacial score (nSPS) is 11.2. The zero-order chi connectivity index (χ0) is 12.2. The van der Waals surface area contributed by atoms with Crippen molar-refractivity contribution in [3.05, 3.63) is 29.6 Å². The molecule has 1 rings (SSSR count). The Hall–Kier alpha value is -1.42. The van der Waals surface area contributed by atoms with Gasteiger partial charge in [-0.15, -0.1) is 0 Å². The summed E-state index contributed by atoms with van der Waals surface area (Å²) in [7, 11) is 1.52. The molecule has 0 fully saturated rings. The molecule has 0 aliphatic rings. The van der Waals surface area contributed by atoms with E-state index in [1.807, 2.05) is 13.0 Å². The van der Waals surface area contributed by atoms with Crippen molar-refractivity contribution in [2.24, 2.45) is 0 Å². The van der Waals surface area contributed by atoms with E-state index in [0.29, 0.717) is 6.54 Å². The van der Waals surface area contributed by atoms with Crippen molar-refractivity contribution in [1.82, 2.24) is 10.3 Å². The van der Waals surface area contributed by atoms with Gasteiger partial charge in [0.1, 0.15) is 5.60 Å². The number of aryl methyl sites for hydroxylation is 1. The summed E-state index contributed by atoms with van der Waals surface area (Å²) < 4.78 is 5.09. The van der Waals surface area contributed by atoms with Gasteiger partial charge in [-0.1, -0.05) is 0 Å². The summed E-state index contributed by atoms with van der Waals surface area (Å²) in [6.45, 7) is 5.94. The number of carbonyl (C=O) groups excluding carboxylic acids is 1. The number of pyridine rings is 1. The van der Waals surface area contributed by atoms with E-state index >= 15 is 0 Å². The Morgan fingerprint density at radius 2 is 2.25 bits per heavy atom. The SMILES string of the molecule is COC(C)(C)C(=O)NCc1cnccc1C. The van der Waals surface area contributed by atoms with Gasteiger partial charge in [-0.3, -0.25) is 9.78 Å². The molecule has 88 valence electrons. The molecule has 0 saturated heterocycles. The molecule has 0 unspecified atom stereocenters. The zero-order valence-corrected chi connectivity index (χ0v) is 10.2. The van der Waals surface area contributed by atoms with Crippen LogP contribution in [0.4, 0.5) is 0 Å². The highest BCUT2D eigenvalue weighted by atomic mass is 16.5. The van der Waals surface area contributed by atoms with Crippen molar-refractivity contribution in [3.63, 3.8) is 0 Å². The largest absolute Gasteiger partial charge is 0.369 e. The van der Waals surface area contributed by atoms with Crippen molar-refractivity contribution in [2.75, 3.05) is 7.11 Å². The third-order valence-electron chi connectivity index (χ3n) is 2.64. The van der Waals surface area contributed by atoms with Crippen molar-refractivity contribution in [2.45, 2.75) is 32.9 Å². The van der Waals surface area contributed by atoms with E-state index in [9.17, 15) is 4.79 Å². The van der Waals surface area contributed by atoms with Crippen molar-refractivity contribution in [3.8, 4) is 0 Å². The maximum atomic E-state index is 11.7. The van der Waals surface area contributed by atoms with Gasteiger partial charge in [0, 0.05) is 26.0 Å². The Kier molecular flexibility index (Phi) is 4.01. The van der Waals surface area contributed by atoms with Gasteiger partial charge in [-0.2, -0.15) is 0 Å². The molecule has 0 spiro atoms. The molecule has 0 aliphatic carbocycles. The standard InChI is InChI=1S/C12H18N2O2/c1-9-5-6-13-7-10(9)8-14-11(15)12(2,3)16-4/h5-7H,8H2,1-4H3,(H,14,15). The second-order valence-electron chi connectivity index (χ2n) is 4.20. The van der Waals surface area contributed by atoms with Crippen molar-refractivity contribution >= 4 is 5.91 Å². The summed E-state index contributed by atoms with van der Waals surface area (Å²) >= 11 is 0. The number of rotatable bonds is 4. The van der Waals surface area contributed by atoms with Crippen LogP contribution in [0.25, 0.3) is 0 Å². The topological polar surface area (TPSA) is 51.2 Å². The molecule has 0 aromatic carbocycles. The fourth-order valence-corrected chi connectivity index (χ4v) is 1.16. The summed E-state index contributed by atoms with van der Waals surface area (Å²) in [5.74, 6) is -0.127. The van der Waals surface area contributed by atoms with E-state index in [4.69, 9.17) is 4.74 Å². The molecule has 0 radical (unpaired) electrons. The smallest absolute Gasteiger partial charge is 0.251 e. The van der Waals surface area contributed by atoms with E-state index in [1.54, 1.807) is 26.2 Å². The first kappa shape index (κ1) is 12.6. The molecule has 16 heavy (non-hydrogen) atoms. The number of aromatic nitrogens is 1. The summed E-state index contributed by atoms with van der Waals surface area (Å²) in [6.07, 6.45) is 3.50. The molecule has 1 N–H and O–H groups in total. The quantitative estimate of drug-likeness (QED) is 0.838. The van der Waals surface area contributed by atoms with Gasteiger partial charge in [0.05, 0.1) is 0 Å². The van der Waals surface area contributed by atoms with Crippen LogP contribution in [0.15, 0.2) is 18.5 Å². The number of nitrogens with one attached hydrogen (secondary N) is 1. The highest BCUT2D eigenvalue weighted by Crippen LogP contribution is 2.09. The highest BCUT2D eigenvalue weighted by molar-refractivity contribution is 5.84. The molecule has 4 nitrogen and oxygen atoms in total. The summed E-state index contributed by atoms with van der Waals surface area (Å²) in [5, 5.41) is 2.83. The van der Waals surface area contributed by atoms with Gasteiger partial charge in [0.15, 0.2) is 0 Å². The Morgan fingerprint density at radius 1 is 1.56 bits per heavy atom. The Morgan fingerprint density at radius 3 is 2.81 bits per heavy atom. The second-order valence-corrected chi connectivity index (χ2v) is 4.20. The molecule has 1 aromatic heterocycles. The van der Waals surface area contributed by atoms with Gasteiger partial charge >= 0.3 is 0 Å². The zero-order valence-electron chi connectivity index (χ0n) is 10.2. The maximum Gasteiger partial charge on any atom is 0.251 e. The minimum absolute atomic E-state index is 0.127. The second kappa shape index (κ2) is 5.07. The van der Waals surface area contributed by atoms with Crippen LogP contribution in [0.1, 0.15) is 25.0 Å². The van der Waals surface area contributed by atoms with Crippen LogP contribution in [-0.4, -0.2) is 23.6 Å². The van der Waals surface area contributed by atoms with Gasteiger partial charge in [-0.25, -0.2) is 0 Å². The molecule has 1 aromatic rings. The number of ether oxygens (including phenoxy) is 1. The number of hydrogen-bond acceptors (Lipinski definition) is 3. The van der Waals surface area contributed by atoms with Crippen LogP contribution >= 0.6 is 0 Å². The number of nitrogens with zero attached hydrogens (tertiary/aromatic N) is 1. The molecule has 1 amide bonds. The lowest BCUT2D eigenvalue weighted by atomic mass is 10.1. The first-order chi connectivity index (χ1) is 7.47. The van der Waals surface area contributed by atoms with E-state index < -0.39 is 5.60 Å². The van der Waals surface area contributed by atoms with Crippen LogP contribution in [0.2, 0.25) is 0 Å². The Labute approximate surface area is 96.0 Å². The average molecular weight is 222 g/mol. The molecule has 0 saturated carbocycles. The summed E-state index contributed by atoms with van der Waals surface area (Å²) in [5.41, 5.74) is 1.34. The van der Waals surface area contributed by atoms with E-state index in [-0.39, 0.29) is 5.91 Å². The van der Waals surface area contributed by atoms with Crippen LogP contribution in [0, 0.1) is 6.92 Å². The number of carbonyl (C=O) groups is 1. The number of hydrogen-bond donors (Lipinski definition) is 1. The molecule has 4 heteroatoms. The molecular weight excluding hydrogens is 204 g/mol. The summed E-state index contributed by atoms with van der Waals surface area (Å²) in [4.78, 5) is 15.7. The monoisotopic (exact) mass is 222 g/mol. The fourth-order valence-electron chi connectivity index (χ4n) is 1.16. The van der Waals surface area contributed by atoms with Crippen LogP contribution in [0.5, 0.6) is 0 Å². The third kappa shape index (κ3) is 3.03. The van der Waals surface area contributed by atoms with Crippen molar-refractivity contribution < 1.29 is 9.53 Å². The predicted octanol–water partition coefficient (Wildman–Crippen LogP) is 1.43. The van der Waals surface area contributed by atoms with Crippen molar-refractivity contribution in [1.29, 1.82) is 0 Å². The molecular formula is C12H18N2O2. The molecule has 0 aliphatic heterocycles. The first-order valence-corrected chi connectivity index (χ1v) is 5.20. The van der Waals surface area contributed by atoms with Crippen LogP contribution in [-0.2, 0) is 16.1 Å².